The predicted octanol–water partition coefficient (Wildman–Crippen LogP) is 2.40. The highest BCUT2D eigenvalue weighted by Crippen LogP contribution is 2.13. The van der Waals surface area contributed by atoms with Crippen LogP contribution in [0.2, 0.25) is 0 Å². The van der Waals surface area contributed by atoms with Gasteiger partial charge in [-0.2, -0.15) is 0 Å². The first-order valence-electron chi connectivity index (χ1n) is 5.28. The van der Waals surface area contributed by atoms with E-state index < -0.39 is 0 Å². The van der Waals surface area contributed by atoms with Crippen molar-refractivity contribution in [2.45, 2.75) is 6.92 Å². The number of allylic oxidation sites excluding steroid dienone is 1. The summed E-state index contributed by atoms with van der Waals surface area (Å²) in [7, 11) is 3.04. The molecular weight excluding hydrogens is 220 g/mol. The van der Waals surface area contributed by atoms with Crippen molar-refractivity contribution >= 4 is 5.78 Å². The van der Waals surface area contributed by atoms with E-state index in [0.717, 1.165) is 0 Å². The summed E-state index contributed by atoms with van der Waals surface area (Å²) < 4.78 is 15.1. The first kappa shape index (κ1) is 13.1. The maximum atomic E-state index is 11.8. The number of carbonyl (C=O) groups excluding carboxylic acids is 1. The van der Waals surface area contributed by atoms with E-state index in [1.54, 1.807) is 31.4 Å². The Kier molecular flexibility index (Phi) is 5.07. The minimum atomic E-state index is -0.169. The first-order valence-corrected chi connectivity index (χ1v) is 5.28. The number of ether oxygens (including phenoxy) is 3. The molecule has 92 valence electrons. The van der Waals surface area contributed by atoms with Gasteiger partial charge in [0.05, 0.1) is 26.9 Å². The third-order valence-corrected chi connectivity index (χ3v) is 2.11. The van der Waals surface area contributed by atoms with Crippen molar-refractivity contribution in [3.8, 4) is 5.75 Å². The van der Waals surface area contributed by atoms with Gasteiger partial charge in [0, 0.05) is 5.56 Å². The van der Waals surface area contributed by atoms with Gasteiger partial charge in [-0.25, -0.2) is 0 Å². The minimum Gasteiger partial charge on any atom is -0.497 e. The number of rotatable bonds is 6. The molecule has 0 atom stereocenters. The Morgan fingerprint density at radius 2 is 1.88 bits per heavy atom. The lowest BCUT2D eigenvalue weighted by Gasteiger charge is -2.06. The van der Waals surface area contributed by atoms with Crippen molar-refractivity contribution in [3.05, 3.63) is 41.9 Å². The Bertz CT molecular complexity index is 392. The van der Waals surface area contributed by atoms with Gasteiger partial charge in [0.2, 0.25) is 0 Å². The lowest BCUT2D eigenvalue weighted by molar-refractivity contribution is 0.0662. The minimum absolute atomic E-state index is 0.169. The summed E-state index contributed by atoms with van der Waals surface area (Å²) >= 11 is 0. The van der Waals surface area contributed by atoms with Crippen molar-refractivity contribution in [2.24, 2.45) is 0 Å². The predicted molar refractivity (Wildman–Crippen MR) is 64.0 cm³/mol. The quantitative estimate of drug-likeness (QED) is 0.432. The van der Waals surface area contributed by atoms with Crippen LogP contribution in [-0.4, -0.2) is 26.6 Å². The molecular formula is C13H16O4. The van der Waals surface area contributed by atoms with Crippen LogP contribution in [0.4, 0.5) is 0 Å². The van der Waals surface area contributed by atoms with Gasteiger partial charge in [0.1, 0.15) is 5.75 Å². The van der Waals surface area contributed by atoms with Gasteiger partial charge >= 0.3 is 0 Å². The van der Waals surface area contributed by atoms with E-state index >= 15 is 0 Å². The van der Waals surface area contributed by atoms with Gasteiger partial charge in [0.25, 0.3) is 5.95 Å². The summed E-state index contributed by atoms with van der Waals surface area (Å²) in [6.45, 7) is 2.28. The molecule has 0 spiro atoms. The molecule has 17 heavy (non-hydrogen) atoms. The van der Waals surface area contributed by atoms with E-state index in [2.05, 4.69) is 0 Å². The summed E-state index contributed by atoms with van der Waals surface area (Å²) in [5.74, 6) is 0.758. The molecule has 0 saturated heterocycles. The normalized spacial score (nSPS) is 10.9. The molecule has 0 fully saturated rings. The SMILES string of the molecule is CCOC(=CC(=O)c1ccc(OC)cc1)OC. The van der Waals surface area contributed by atoms with E-state index in [4.69, 9.17) is 14.2 Å². The molecule has 1 aromatic carbocycles. The number of ketones is 1. The number of hydrogen-bond acceptors (Lipinski definition) is 4. The molecule has 0 aliphatic rings. The number of benzene rings is 1. The largest absolute Gasteiger partial charge is 0.497 e. The van der Waals surface area contributed by atoms with Gasteiger partial charge in [-0.1, -0.05) is 0 Å². The highest BCUT2D eigenvalue weighted by molar-refractivity contribution is 6.04. The van der Waals surface area contributed by atoms with E-state index in [0.29, 0.717) is 17.9 Å². The molecule has 0 heterocycles. The molecule has 0 saturated carbocycles. The van der Waals surface area contributed by atoms with E-state index in [-0.39, 0.29) is 11.7 Å². The van der Waals surface area contributed by atoms with Gasteiger partial charge in [-0.3, -0.25) is 4.79 Å². The average molecular weight is 236 g/mol. The molecule has 0 N–H and O–H groups in total. The number of carbonyl (C=O) groups is 1. The fraction of sp³-hybridized carbons (Fsp3) is 0.308. The maximum absolute atomic E-state index is 11.8. The van der Waals surface area contributed by atoms with Crippen LogP contribution in [0.15, 0.2) is 36.3 Å². The maximum Gasteiger partial charge on any atom is 0.282 e. The van der Waals surface area contributed by atoms with Crippen LogP contribution in [0.5, 0.6) is 5.75 Å². The Morgan fingerprint density at radius 3 is 2.35 bits per heavy atom. The third kappa shape index (κ3) is 3.83. The van der Waals surface area contributed by atoms with Crippen LogP contribution in [0, 0.1) is 0 Å². The summed E-state index contributed by atoms with van der Waals surface area (Å²) in [5.41, 5.74) is 0.556. The van der Waals surface area contributed by atoms with Gasteiger partial charge in [-0.15, -0.1) is 0 Å². The standard InChI is InChI=1S/C13H16O4/c1-4-17-13(16-3)9-12(14)10-5-7-11(15-2)8-6-10/h5-9H,4H2,1-3H3. The summed E-state index contributed by atoms with van der Waals surface area (Å²) in [6.07, 6.45) is 1.32. The highest BCUT2D eigenvalue weighted by atomic mass is 16.7. The second-order valence-corrected chi connectivity index (χ2v) is 3.19. The average Bonchev–Trinajstić information content (AvgIpc) is 2.38. The Labute approximate surface area is 101 Å². The van der Waals surface area contributed by atoms with Crippen LogP contribution in [0.3, 0.4) is 0 Å². The van der Waals surface area contributed by atoms with E-state index in [1.165, 1.54) is 13.2 Å². The molecule has 0 aliphatic carbocycles. The fourth-order valence-corrected chi connectivity index (χ4v) is 1.25. The first-order chi connectivity index (χ1) is 8.21. The van der Waals surface area contributed by atoms with Crippen LogP contribution in [0.25, 0.3) is 0 Å². The smallest absolute Gasteiger partial charge is 0.282 e. The summed E-state index contributed by atoms with van der Waals surface area (Å²) in [6, 6.07) is 6.84. The molecule has 0 amide bonds. The van der Waals surface area contributed by atoms with Gasteiger partial charge < -0.3 is 14.2 Å². The van der Waals surface area contributed by atoms with Gasteiger partial charge in [-0.05, 0) is 31.2 Å². The molecule has 0 aromatic heterocycles. The van der Waals surface area contributed by atoms with Crippen molar-refractivity contribution < 1.29 is 19.0 Å². The molecule has 1 aromatic rings. The summed E-state index contributed by atoms with van der Waals surface area (Å²) in [5, 5.41) is 0. The van der Waals surface area contributed by atoms with Crippen molar-refractivity contribution in [3.63, 3.8) is 0 Å². The third-order valence-electron chi connectivity index (χ3n) is 2.11. The lowest BCUT2D eigenvalue weighted by atomic mass is 10.1. The summed E-state index contributed by atoms with van der Waals surface area (Å²) in [4.78, 5) is 11.8. The van der Waals surface area contributed by atoms with Crippen molar-refractivity contribution in [1.29, 1.82) is 0 Å². The topological polar surface area (TPSA) is 44.8 Å². The van der Waals surface area contributed by atoms with Crippen LogP contribution >= 0.6 is 0 Å². The molecule has 4 heteroatoms. The van der Waals surface area contributed by atoms with Crippen LogP contribution in [0.1, 0.15) is 17.3 Å². The van der Waals surface area contributed by atoms with E-state index in [9.17, 15) is 4.79 Å². The molecule has 0 bridgehead atoms. The highest BCUT2D eigenvalue weighted by Gasteiger charge is 2.06. The second-order valence-electron chi connectivity index (χ2n) is 3.19. The van der Waals surface area contributed by atoms with Gasteiger partial charge in [0.15, 0.2) is 5.78 Å². The number of hydrogen-bond donors (Lipinski definition) is 0. The Hall–Kier alpha value is -1.97. The molecule has 1 rings (SSSR count). The van der Waals surface area contributed by atoms with Crippen molar-refractivity contribution in [2.75, 3.05) is 20.8 Å². The molecule has 4 nitrogen and oxygen atoms in total. The van der Waals surface area contributed by atoms with Crippen LogP contribution in [-0.2, 0) is 9.47 Å². The Morgan fingerprint density at radius 1 is 1.24 bits per heavy atom. The lowest BCUT2D eigenvalue weighted by Crippen LogP contribution is -2.01. The molecule has 0 radical (unpaired) electrons. The fourth-order valence-electron chi connectivity index (χ4n) is 1.25. The Balaban J connectivity index is 2.80. The van der Waals surface area contributed by atoms with E-state index in [1.807, 2.05) is 6.92 Å². The van der Waals surface area contributed by atoms with Crippen molar-refractivity contribution in [1.82, 2.24) is 0 Å². The zero-order valence-corrected chi connectivity index (χ0v) is 10.2. The zero-order chi connectivity index (χ0) is 12.7. The monoisotopic (exact) mass is 236 g/mol. The molecule has 0 unspecified atom stereocenters. The van der Waals surface area contributed by atoms with Crippen LogP contribution < -0.4 is 4.74 Å². The molecule has 0 aliphatic heterocycles. The number of methoxy groups -OCH3 is 2. The second kappa shape index (κ2) is 6.58. The zero-order valence-electron chi connectivity index (χ0n) is 10.2.